The Bertz CT molecular complexity index is 672. The molecule has 0 N–H and O–H groups in total. The van der Waals surface area contributed by atoms with Crippen molar-refractivity contribution in [3.63, 3.8) is 0 Å². The standard InChI is InChI=1S/C29H44F2O/c1-2-3-4-5-6-7-8-9-13-22-32-27-21-20-26(28(30)29(27)31)25-18-16-24(17-19-25)23-14-11-10-12-15-23/h2,20-21,23-25H,1,3-19,22H2. The first-order chi connectivity index (χ1) is 15.7. The summed E-state index contributed by atoms with van der Waals surface area (Å²) in [6, 6.07) is 3.43. The largest absolute Gasteiger partial charge is 0.490 e. The summed E-state index contributed by atoms with van der Waals surface area (Å²) in [4.78, 5) is 0. The highest BCUT2D eigenvalue weighted by Crippen LogP contribution is 2.44. The number of benzene rings is 1. The molecule has 0 aromatic heterocycles. The van der Waals surface area contributed by atoms with E-state index < -0.39 is 11.6 Å². The molecule has 0 aliphatic heterocycles. The molecule has 3 heteroatoms. The molecule has 1 aromatic rings. The molecule has 0 amide bonds. The van der Waals surface area contributed by atoms with Gasteiger partial charge in [0, 0.05) is 0 Å². The van der Waals surface area contributed by atoms with Gasteiger partial charge in [-0.05, 0) is 74.3 Å². The van der Waals surface area contributed by atoms with Gasteiger partial charge in [-0.2, -0.15) is 4.39 Å². The maximum absolute atomic E-state index is 14.8. The second-order valence-corrected chi connectivity index (χ2v) is 10.2. The van der Waals surface area contributed by atoms with Gasteiger partial charge >= 0.3 is 0 Å². The molecule has 0 bridgehead atoms. The molecule has 0 heterocycles. The SMILES string of the molecule is C=CCCCCCCCCCOc1ccc(C2CCC(C3CCCCC3)CC2)c(F)c1F. The lowest BCUT2D eigenvalue weighted by Gasteiger charge is -2.36. The van der Waals surface area contributed by atoms with Crippen LogP contribution in [0.1, 0.15) is 121 Å². The molecule has 0 spiro atoms. The van der Waals surface area contributed by atoms with Crippen molar-refractivity contribution in [1.82, 2.24) is 0 Å². The number of unbranched alkanes of at least 4 members (excludes halogenated alkanes) is 7. The molecule has 2 aliphatic rings. The molecule has 180 valence electrons. The maximum atomic E-state index is 14.8. The molecule has 1 aromatic carbocycles. The van der Waals surface area contributed by atoms with Gasteiger partial charge < -0.3 is 4.74 Å². The molecule has 2 saturated carbocycles. The molecule has 2 aliphatic carbocycles. The Morgan fingerprint density at radius 1 is 0.750 bits per heavy atom. The predicted octanol–water partition coefficient (Wildman–Crippen LogP) is 9.50. The first kappa shape index (κ1) is 25.2. The molecule has 0 saturated heterocycles. The summed E-state index contributed by atoms with van der Waals surface area (Å²) < 4.78 is 35.1. The molecule has 2 fully saturated rings. The number of ether oxygens (including phenoxy) is 1. The highest BCUT2D eigenvalue weighted by Gasteiger charge is 2.31. The van der Waals surface area contributed by atoms with Gasteiger partial charge in [-0.3, -0.25) is 0 Å². The van der Waals surface area contributed by atoms with Crippen LogP contribution in [0.15, 0.2) is 24.8 Å². The minimum atomic E-state index is -0.792. The van der Waals surface area contributed by atoms with Crippen molar-refractivity contribution in [2.24, 2.45) is 11.8 Å². The number of allylic oxidation sites excluding steroid dienone is 1. The fourth-order valence-corrected chi connectivity index (χ4v) is 5.94. The van der Waals surface area contributed by atoms with Gasteiger partial charge in [0.15, 0.2) is 11.6 Å². The van der Waals surface area contributed by atoms with Crippen molar-refractivity contribution in [3.05, 3.63) is 42.0 Å². The van der Waals surface area contributed by atoms with E-state index in [0.29, 0.717) is 12.2 Å². The highest BCUT2D eigenvalue weighted by molar-refractivity contribution is 5.33. The fraction of sp³-hybridized carbons (Fsp3) is 0.724. The lowest BCUT2D eigenvalue weighted by atomic mass is 9.70. The first-order valence-corrected chi connectivity index (χ1v) is 13.4. The monoisotopic (exact) mass is 446 g/mol. The normalized spacial score (nSPS) is 22.1. The zero-order valence-corrected chi connectivity index (χ0v) is 20.1. The van der Waals surface area contributed by atoms with Gasteiger partial charge in [0.25, 0.3) is 0 Å². The Hall–Kier alpha value is -1.38. The second-order valence-electron chi connectivity index (χ2n) is 10.2. The quantitative estimate of drug-likeness (QED) is 0.216. The van der Waals surface area contributed by atoms with E-state index in [9.17, 15) is 8.78 Å². The van der Waals surface area contributed by atoms with E-state index in [1.165, 1.54) is 77.0 Å². The van der Waals surface area contributed by atoms with Gasteiger partial charge in [-0.1, -0.05) is 76.4 Å². The number of halogens is 2. The third-order valence-corrected chi connectivity index (χ3v) is 7.92. The fourth-order valence-electron chi connectivity index (χ4n) is 5.94. The Kier molecular flexibility index (Phi) is 11.1. The van der Waals surface area contributed by atoms with Crippen LogP contribution in [0.3, 0.4) is 0 Å². The number of hydrogen-bond donors (Lipinski definition) is 0. The minimum Gasteiger partial charge on any atom is -0.490 e. The summed E-state index contributed by atoms with van der Waals surface area (Å²) in [6.07, 6.45) is 22.4. The van der Waals surface area contributed by atoms with Crippen LogP contribution in [0.5, 0.6) is 5.75 Å². The van der Waals surface area contributed by atoms with Crippen molar-refractivity contribution < 1.29 is 13.5 Å². The summed E-state index contributed by atoms with van der Waals surface area (Å²) in [5, 5.41) is 0. The highest BCUT2D eigenvalue weighted by atomic mass is 19.2. The molecule has 0 atom stereocenters. The van der Waals surface area contributed by atoms with Gasteiger partial charge in [0.2, 0.25) is 5.82 Å². The molecular weight excluding hydrogens is 402 g/mol. The maximum Gasteiger partial charge on any atom is 0.200 e. The van der Waals surface area contributed by atoms with Gasteiger partial charge in [0.1, 0.15) is 0 Å². The minimum absolute atomic E-state index is 0.0755. The Labute approximate surface area is 195 Å². The van der Waals surface area contributed by atoms with Crippen LogP contribution in [0, 0.1) is 23.5 Å². The van der Waals surface area contributed by atoms with Crippen LogP contribution in [0.25, 0.3) is 0 Å². The number of rotatable bonds is 13. The summed E-state index contributed by atoms with van der Waals surface area (Å²) in [5.41, 5.74) is 0.563. The van der Waals surface area contributed by atoms with Crippen LogP contribution in [0.4, 0.5) is 8.78 Å². The summed E-state index contributed by atoms with van der Waals surface area (Å²) in [7, 11) is 0. The van der Waals surface area contributed by atoms with Crippen LogP contribution < -0.4 is 4.74 Å². The van der Waals surface area contributed by atoms with Crippen molar-refractivity contribution in [3.8, 4) is 5.75 Å². The molecular formula is C29H44F2O. The number of hydrogen-bond acceptors (Lipinski definition) is 1. The summed E-state index contributed by atoms with van der Waals surface area (Å²) in [5.74, 6) is 0.437. The molecule has 0 radical (unpaired) electrons. The smallest absolute Gasteiger partial charge is 0.200 e. The van der Waals surface area contributed by atoms with E-state index in [1.54, 1.807) is 12.1 Å². The third-order valence-electron chi connectivity index (χ3n) is 7.92. The summed E-state index contributed by atoms with van der Waals surface area (Å²) >= 11 is 0. The Morgan fingerprint density at radius 2 is 1.38 bits per heavy atom. The second kappa shape index (κ2) is 14.0. The van der Waals surface area contributed by atoms with Crippen LogP contribution in [-0.2, 0) is 0 Å². The topological polar surface area (TPSA) is 9.23 Å². The average Bonchev–Trinajstić information content (AvgIpc) is 2.83. The average molecular weight is 447 g/mol. The van der Waals surface area contributed by atoms with E-state index in [2.05, 4.69) is 6.58 Å². The lowest BCUT2D eigenvalue weighted by Crippen LogP contribution is -2.23. The molecule has 0 unspecified atom stereocenters. The van der Waals surface area contributed by atoms with E-state index >= 15 is 0 Å². The van der Waals surface area contributed by atoms with Gasteiger partial charge in [-0.15, -0.1) is 6.58 Å². The van der Waals surface area contributed by atoms with Crippen LogP contribution in [0.2, 0.25) is 0 Å². The van der Waals surface area contributed by atoms with Crippen molar-refractivity contribution >= 4 is 0 Å². The van der Waals surface area contributed by atoms with Crippen molar-refractivity contribution in [2.45, 2.75) is 115 Å². The zero-order chi connectivity index (χ0) is 22.6. The van der Waals surface area contributed by atoms with Crippen molar-refractivity contribution in [2.75, 3.05) is 6.61 Å². The summed E-state index contributed by atoms with van der Waals surface area (Å²) in [6.45, 7) is 4.20. The van der Waals surface area contributed by atoms with E-state index in [-0.39, 0.29) is 11.7 Å². The van der Waals surface area contributed by atoms with Gasteiger partial charge in [-0.25, -0.2) is 4.39 Å². The van der Waals surface area contributed by atoms with Crippen LogP contribution >= 0.6 is 0 Å². The lowest BCUT2D eigenvalue weighted by molar-refractivity contribution is 0.184. The Balaban J connectivity index is 1.37. The van der Waals surface area contributed by atoms with E-state index in [0.717, 1.165) is 43.9 Å². The molecule has 3 rings (SSSR count). The van der Waals surface area contributed by atoms with Crippen LogP contribution in [-0.4, -0.2) is 6.61 Å². The zero-order valence-electron chi connectivity index (χ0n) is 20.1. The first-order valence-electron chi connectivity index (χ1n) is 13.4. The van der Waals surface area contributed by atoms with E-state index in [1.807, 2.05) is 6.08 Å². The van der Waals surface area contributed by atoms with E-state index in [4.69, 9.17) is 4.74 Å². The Morgan fingerprint density at radius 3 is 2.06 bits per heavy atom. The molecule has 32 heavy (non-hydrogen) atoms. The van der Waals surface area contributed by atoms with Gasteiger partial charge in [0.05, 0.1) is 6.61 Å². The third kappa shape index (κ3) is 7.59. The predicted molar refractivity (Wildman–Crippen MR) is 130 cm³/mol. The molecule has 1 nitrogen and oxygen atoms in total. The van der Waals surface area contributed by atoms with Crippen molar-refractivity contribution in [1.29, 1.82) is 0 Å².